The molecule has 0 spiro atoms. The highest BCUT2D eigenvalue weighted by molar-refractivity contribution is 5.85. The first kappa shape index (κ1) is 15.1. The van der Waals surface area contributed by atoms with E-state index in [9.17, 15) is 0 Å². The molecule has 1 heterocycles. The Morgan fingerprint density at radius 3 is 2.15 bits per heavy atom. The fourth-order valence-electron chi connectivity index (χ4n) is 0.759. The lowest BCUT2D eigenvalue weighted by atomic mass is 10.1. The van der Waals surface area contributed by atoms with E-state index in [-0.39, 0.29) is 24.8 Å². The molecule has 0 aliphatic rings. The predicted octanol–water partition coefficient (Wildman–Crippen LogP) is 1.82. The highest BCUT2D eigenvalue weighted by Gasteiger charge is 2.16. The number of rotatable bonds is 1. The smallest absolute Gasteiger partial charge is 0.147 e. The molecule has 0 fully saturated rings. The van der Waals surface area contributed by atoms with Crippen LogP contribution in [0, 0.1) is 6.92 Å². The topological polar surface area (TPSA) is 51.8 Å². The van der Waals surface area contributed by atoms with Crippen molar-refractivity contribution in [1.82, 2.24) is 9.97 Å². The second-order valence-electron chi connectivity index (χ2n) is 3.24. The molecule has 1 rings (SSSR count). The second-order valence-corrected chi connectivity index (χ2v) is 3.24. The van der Waals surface area contributed by atoms with Crippen LogP contribution in [0.5, 0.6) is 0 Å². The zero-order valence-corrected chi connectivity index (χ0v) is 9.58. The monoisotopic (exact) mass is 223 g/mol. The third-order valence-corrected chi connectivity index (χ3v) is 1.37. The Morgan fingerprint density at radius 2 is 1.85 bits per heavy atom. The first-order valence-corrected chi connectivity index (χ1v) is 3.59. The Morgan fingerprint density at radius 1 is 1.31 bits per heavy atom. The Hall–Kier alpha value is -0.380. The van der Waals surface area contributed by atoms with Crippen LogP contribution >= 0.6 is 24.8 Å². The summed E-state index contributed by atoms with van der Waals surface area (Å²) in [6.07, 6.45) is 1.73. The van der Waals surface area contributed by atoms with E-state index in [2.05, 4.69) is 9.97 Å². The summed E-state index contributed by atoms with van der Waals surface area (Å²) >= 11 is 0. The summed E-state index contributed by atoms with van der Waals surface area (Å²) in [6, 6.07) is 1.86. The summed E-state index contributed by atoms with van der Waals surface area (Å²) in [5.41, 5.74) is 6.31. The lowest BCUT2D eigenvalue weighted by Gasteiger charge is -2.16. The molecule has 0 atom stereocenters. The molecule has 13 heavy (non-hydrogen) atoms. The fraction of sp³-hybridized carbons (Fsp3) is 0.500. The third-order valence-electron chi connectivity index (χ3n) is 1.37. The van der Waals surface area contributed by atoms with E-state index >= 15 is 0 Å². The van der Waals surface area contributed by atoms with Gasteiger partial charge in [0, 0.05) is 11.9 Å². The van der Waals surface area contributed by atoms with Crippen molar-refractivity contribution in [2.75, 3.05) is 0 Å². The molecule has 0 saturated heterocycles. The summed E-state index contributed by atoms with van der Waals surface area (Å²) in [4.78, 5) is 8.28. The normalized spacial score (nSPS) is 9.85. The van der Waals surface area contributed by atoms with Crippen molar-refractivity contribution in [2.45, 2.75) is 26.3 Å². The maximum Gasteiger partial charge on any atom is 0.147 e. The molecule has 0 amide bonds. The van der Waals surface area contributed by atoms with Crippen LogP contribution in [-0.4, -0.2) is 9.97 Å². The molecular weight excluding hydrogens is 209 g/mol. The first-order valence-electron chi connectivity index (χ1n) is 3.59. The van der Waals surface area contributed by atoms with Gasteiger partial charge in [0.1, 0.15) is 5.82 Å². The molecular formula is C8H15Cl2N3. The molecule has 0 radical (unpaired) electrons. The highest BCUT2D eigenvalue weighted by atomic mass is 35.5. The maximum absolute atomic E-state index is 5.80. The minimum Gasteiger partial charge on any atom is -0.319 e. The molecule has 76 valence electrons. The Bertz CT molecular complexity index is 258. The van der Waals surface area contributed by atoms with E-state index in [0.717, 1.165) is 5.69 Å². The zero-order chi connectivity index (χ0) is 8.48. The van der Waals surface area contributed by atoms with E-state index in [1.807, 2.05) is 26.8 Å². The Labute approximate surface area is 91.0 Å². The van der Waals surface area contributed by atoms with Gasteiger partial charge < -0.3 is 5.73 Å². The van der Waals surface area contributed by atoms with E-state index < -0.39 is 5.54 Å². The summed E-state index contributed by atoms with van der Waals surface area (Å²) in [5.74, 6) is 0.692. The van der Waals surface area contributed by atoms with Gasteiger partial charge in [0.25, 0.3) is 0 Å². The molecule has 2 N–H and O–H groups in total. The van der Waals surface area contributed by atoms with E-state index in [1.165, 1.54) is 0 Å². The lowest BCUT2D eigenvalue weighted by molar-refractivity contribution is 0.512. The first-order chi connectivity index (χ1) is 5.00. The van der Waals surface area contributed by atoms with Crippen LogP contribution in [0.4, 0.5) is 0 Å². The average molecular weight is 224 g/mol. The SMILES string of the molecule is Cc1ccnc(C(C)(C)N)n1.Cl.Cl. The number of nitrogens with two attached hydrogens (primary N) is 1. The predicted molar refractivity (Wildman–Crippen MR) is 58.5 cm³/mol. The molecule has 1 aromatic heterocycles. The summed E-state index contributed by atoms with van der Waals surface area (Å²) in [7, 11) is 0. The van der Waals surface area contributed by atoms with Gasteiger partial charge in [-0.05, 0) is 26.8 Å². The van der Waals surface area contributed by atoms with Crippen molar-refractivity contribution in [3.8, 4) is 0 Å². The number of halogens is 2. The van der Waals surface area contributed by atoms with Crippen LogP contribution in [0.1, 0.15) is 25.4 Å². The summed E-state index contributed by atoms with van der Waals surface area (Å²) in [6.45, 7) is 5.71. The van der Waals surface area contributed by atoms with Crippen molar-refractivity contribution in [3.05, 3.63) is 23.8 Å². The number of hydrogen-bond acceptors (Lipinski definition) is 3. The fourth-order valence-corrected chi connectivity index (χ4v) is 0.759. The van der Waals surface area contributed by atoms with Crippen molar-refractivity contribution >= 4 is 24.8 Å². The quantitative estimate of drug-likeness (QED) is 0.791. The van der Waals surface area contributed by atoms with Crippen LogP contribution in [-0.2, 0) is 5.54 Å². The standard InChI is InChI=1S/C8H13N3.2ClH/c1-6-4-5-10-7(11-6)8(2,3)9;;/h4-5H,9H2,1-3H3;2*1H. The van der Waals surface area contributed by atoms with Crippen molar-refractivity contribution in [3.63, 3.8) is 0 Å². The van der Waals surface area contributed by atoms with Crippen LogP contribution in [0.15, 0.2) is 12.3 Å². The van der Waals surface area contributed by atoms with Crippen molar-refractivity contribution in [2.24, 2.45) is 5.73 Å². The number of aromatic nitrogens is 2. The van der Waals surface area contributed by atoms with Gasteiger partial charge >= 0.3 is 0 Å². The molecule has 0 unspecified atom stereocenters. The minimum absolute atomic E-state index is 0. The van der Waals surface area contributed by atoms with Gasteiger partial charge in [-0.25, -0.2) is 9.97 Å². The average Bonchev–Trinajstić information content (AvgIpc) is 1.86. The van der Waals surface area contributed by atoms with Gasteiger partial charge in [-0.2, -0.15) is 0 Å². The lowest BCUT2D eigenvalue weighted by Crippen LogP contribution is -2.31. The van der Waals surface area contributed by atoms with E-state index in [4.69, 9.17) is 5.73 Å². The number of nitrogens with zero attached hydrogens (tertiary/aromatic N) is 2. The molecule has 0 saturated carbocycles. The van der Waals surface area contributed by atoms with Gasteiger partial charge in [0.2, 0.25) is 0 Å². The van der Waals surface area contributed by atoms with Crippen molar-refractivity contribution in [1.29, 1.82) is 0 Å². The molecule has 1 aromatic rings. The van der Waals surface area contributed by atoms with Gasteiger partial charge in [-0.3, -0.25) is 0 Å². The van der Waals surface area contributed by atoms with E-state index in [1.54, 1.807) is 6.20 Å². The molecule has 0 aromatic carbocycles. The molecule has 0 aliphatic carbocycles. The van der Waals surface area contributed by atoms with Crippen LogP contribution in [0.25, 0.3) is 0 Å². The van der Waals surface area contributed by atoms with Crippen molar-refractivity contribution < 1.29 is 0 Å². The Balaban J connectivity index is 0. The molecule has 0 bridgehead atoms. The van der Waals surface area contributed by atoms with Gasteiger partial charge in [0.05, 0.1) is 5.54 Å². The zero-order valence-electron chi connectivity index (χ0n) is 7.94. The largest absolute Gasteiger partial charge is 0.319 e. The minimum atomic E-state index is -0.438. The Kier molecular flexibility index (Phi) is 6.24. The molecule has 5 heteroatoms. The van der Waals surface area contributed by atoms with E-state index in [0.29, 0.717) is 5.82 Å². The van der Waals surface area contributed by atoms with Crippen LogP contribution in [0.3, 0.4) is 0 Å². The molecule has 3 nitrogen and oxygen atoms in total. The van der Waals surface area contributed by atoms with Crippen LogP contribution < -0.4 is 5.73 Å². The summed E-state index contributed by atoms with van der Waals surface area (Å²) < 4.78 is 0. The van der Waals surface area contributed by atoms with Gasteiger partial charge in [-0.1, -0.05) is 0 Å². The highest BCUT2D eigenvalue weighted by Crippen LogP contribution is 2.10. The van der Waals surface area contributed by atoms with Gasteiger partial charge in [0.15, 0.2) is 0 Å². The second kappa shape index (κ2) is 5.37. The van der Waals surface area contributed by atoms with Crippen LogP contribution in [0.2, 0.25) is 0 Å². The number of hydrogen-bond donors (Lipinski definition) is 1. The van der Waals surface area contributed by atoms with Gasteiger partial charge in [-0.15, -0.1) is 24.8 Å². The molecule has 0 aliphatic heterocycles. The third kappa shape index (κ3) is 4.41. The maximum atomic E-state index is 5.80. The number of aryl methyl sites for hydroxylation is 1. The summed E-state index contributed by atoms with van der Waals surface area (Å²) in [5, 5.41) is 0.